The van der Waals surface area contributed by atoms with Gasteiger partial charge in [0.05, 0.1) is 14.2 Å². The first-order valence-corrected chi connectivity index (χ1v) is 10.5. The van der Waals surface area contributed by atoms with Crippen molar-refractivity contribution in [3.05, 3.63) is 71.2 Å². The maximum atomic E-state index is 12.8. The molecule has 2 aromatic carbocycles. The molecular weight excluding hydrogens is 420 g/mol. The Morgan fingerprint density at radius 3 is 2.42 bits per heavy atom. The minimum absolute atomic E-state index is 0.0317. The zero-order valence-electron chi connectivity index (χ0n) is 18.5. The van der Waals surface area contributed by atoms with Gasteiger partial charge in [-0.15, -0.1) is 0 Å². The lowest BCUT2D eigenvalue weighted by Gasteiger charge is -2.34. The molecule has 1 amide bonds. The lowest BCUT2D eigenvalue weighted by Crippen LogP contribution is -2.48. The normalized spacial score (nSPS) is 13.7. The summed E-state index contributed by atoms with van der Waals surface area (Å²) >= 11 is 0. The van der Waals surface area contributed by atoms with Crippen molar-refractivity contribution in [1.29, 1.82) is 5.26 Å². The third kappa shape index (κ3) is 4.83. The number of oxazole rings is 1. The molecule has 8 heteroatoms. The van der Waals surface area contributed by atoms with Gasteiger partial charge in [-0.2, -0.15) is 10.2 Å². The van der Waals surface area contributed by atoms with E-state index >= 15 is 0 Å². The Morgan fingerprint density at radius 2 is 1.76 bits per heavy atom. The highest BCUT2D eigenvalue weighted by atomic mass is 16.5. The Labute approximate surface area is 192 Å². The summed E-state index contributed by atoms with van der Waals surface area (Å²) in [6, 6.07) is 16.8. The first-order valence-electron chi connectivity index (χ1n) is 10.5. The van der Waals surface area contributed by atoms with Crippen molar-refractivity contribution in [2.24, 2.45) is 0 Å². The minimum atomic E-state index is -0.0317. The van der Waals surface area contributed by atoms with Gasteiger partial charge in [-0.05, 0) is 36.4 Å². The number of methoxy groups -OCH3 is 2. The van der Waals surface area contributed by atoms with Gasteiger partial charge in [-0.25, -0.2) is 0 Å². The zero-order chi connectivity index (χ0) is 23.2. The van der Waals surface area contributed by atoms with E-state index in [4.69, 9.17) is 13.9 Å². The van der Waals surface area contributed by atoms with E-state index in [9.17, 15) is 10.1 Å². The number of benzene rings is 2. The number of hydrogen-bond donors (Lipinski definition) is 0. The van der Waals surface area contributed by atoms with Crippen molar-refractivity contribution in [2.75, 3.05) is 45.3 Å². The fraction of sp³-hybridized carbons (Fsp3) is 0.240. The molecule has 1 aliphatic rings. The molecule has 33 heavy (non-hydrogen) atoms. The molecule has 1 fully saturated rings. The van der Waals surface area contributed by atoms with Crippen LogP contribution in [0.25, 0.3) is 12.2 Å². The Bertz CT molecular complexity index is 1190. The number of hydrogen-bond acceptors (Lipinski definition) is 7. The second-order valence-electron chi connectivity index (χ2n) is 7.40. The quantitative estimate of drug-likeness (QED) is 0.572. The van der Waals surface area contributed by atoms with Crippen LogP contribution in [0.15, 0.2) is 52.9 Å². The van der Waals surface area contributed by atoms with E-state index in [2.05, 4.69) is 11.1 Å². The zero-order valence-corrected chi connectivity index (χ0v) is 18.5. The summed E-state index contributed by atoms with van der Waals surface area (Å²) in [5.41, 5.74) is 1.72. The Morgan fingerprint density at radius 1 is 1.03 bits per heavy atom. The molecule has 3 aromatic rings. The van der Waals surface area contributed by atoms with Gasteiger partial charge in [-0.3, -0.25) is 4.79 Å². The topological polar surface area (TPSA) is 91.8 Å². The smallest absolute Gasteiger partial charge is 0.253 e. The summed E-state index contributed by atoms with van der Waals surface area (Å²) in [7, 11) is 3.21. The van der Waals surface area contributed by atoms with Crippen molar-refractivity contribution >= 4 is 23.9 Å². The molecule has 0 saturated carbocycles. The molecule has 0 bridgehead atoms. The van der Waals surface area contributed by atoms with Gasteiger partial charge in [0, 0.05) is 43.4 Å². The summed E-state index contributed by atoms with van der Waals surface area (Å²) in [5, 5.41) is 9.54. The summed E-state index contributed by atoms with van der Waals surface area (Å²) < 4.78 is 16.4. The van der Waals surface area contributed by atoms with Crippen molar-refractivity contribution < 1.29 is 18.7 Å². The van der Waals surface area contributed by atoms with Gasteiger partial charge >= 0.3 is 0 Å². The standard InChI is InChI=1S/C25H24N4O4/c1-31-20-10-7-19(8-11-20)24(30)28-13-15-29(16-14-28)25-21(17-26)27-23(33-25)12-9-18-5-3-4-6-22(18)32-2/h3-12H,13-16H2,1-2H3. The lowest BCUT2D eigenvalue weighted by atomic mass is 10.1. The van der Waals surface area contributed by atoms with Gasteiger partial charge in [0.15, 0.2) is 0 Å². The summed E-state index contributed by atoms with van der Waals surface area (Å²) in [5.74, 6) is 2.17. The van der Waals surface area contributed by atoms with E-state index in [1.54, 1.807) is 49.5 Å². The number of carbonyl (C=O) groups excluding carboxylic acids is 1. The molecule has 4 rings (SSSR count). The average Bonchev–Trinajstić information content (AvgIpc) is 3.30. The highest BCUT2D eigenvalue weighted by Gasteiger charge is 2.26. The van der Waals surface area contributed by atoms with Crippen LogP contribution in [-0.2, 0) is 0 Å². The molecular formula is C25H24N4O4. The molecule has 1 aliphatic heterocycles. The highest BCUT2D eigenvalue weighted by molar-refractivity contribution is 5.94. The Kier molecular flexibility index (Phi) is 6.60. The first-order chi connectivity index (χ1) is 16.1. The van der Waals surface area contributed by atoms with E-state index in [0.29, 0.717) is 49.3 Å². The summed E-state index contributed by atoms with van der Waals surface area (Å²) in [6.45, 7) is 2.12. The number of nitrogens with zero attached hydrogens (tertiary/aromatic N) is 4. The largest absolute Gasteiger partial charge is 0.497 e. The van der Waals surface area contributed by atoms with Crippen LogP contribution >= 0.6 is 0 Å². The Hall–Kier alpha value is -4.25. The maximum Gasteiger partial charge on any atom is 0.253 e. The first kappa shape index (κ1) is 22.0. The van der Waals surface area contributed by atoms with Crippen LogP contribution in [0.5, 0.6) is 11.5 Å². The van der Waals surface area contributed by atoms with Crippen molar-refractivity contribution in [3.8, 4) is 17.6 Å². The number of carbonyl (C=O) groups is 1. The number of piperazine rings is 1. The van der Waals surface area contributed by atoms with E-state index in [0.717, 1.165) is 11.3 Å². The minimum Gasteiger partial charge on any atom is -0.497 e. The molecule has 168 valence electrons. The third-order valence-electron chi connectivity index (χ3n) is 5.47. The highest BCUT2D eigenvalue weighted by Crippen LogP contribution is 2.26. The fourth-order valence-corrected chi connectivity index (χ4v) is 3.68. The van der Waals surface area contributed by atoms with Gasteiger partial charge < -0.3 is 23.7 Å². The number of amides is 1. The van der Waals surface area contributed by atoms with Gasteiger partial charge in [0.2, 0.25) is 17.5 Å². The van der Waals surface area contributed by atoms with Crippen LogP contribution < -0.4 is 14.4 Å². The number of ether oxygens (including phenoxy) is 2. The molecule has 0 spiro atoms. The number of rotatable bonds is 6. The molecule has 8 nitrogen and oxygen atoms in total. The number of aromatic nitrogens is 1. The summed E-state index contributed by atoms with van der Waals surface area (Å²) in [6.07, 6.45) is 3.55. The van der Waals surface area contributed by atoms with Crippen molar-refractivity contribution in [2.45, 2.75) is 0 Å². The van der Waals surface area contributed by atoms with E-state index in [-0.39, 0.29) is 11.6 Å². The molecule has 1 aromatic heterocycles. The Balaban J connectivity index is 1.44. The maximum absolute atomic E-state index is 12.8. The number of anilines is 1. The van der Waals surface area contributed by atoms with Crippen LogP contribution in [0, 0.1) is 11.3 Å². The van der Waals surface area contributed by atoms with Crippen molar-refractivity contribution in [3.63, 3.8) is 0 Å². The molecule has 0 radical (unpaired) electrons. The van der Waals surface area contributed by atoms with Crippen LogP contribution in [0.2, 0.25) is 0 Å². The molecule has 0 N–H and O–H groups in total. The second-order valence-corrected chi connectivity index (χ2v) is 7.40. The predicted molar refractivity (Wildman–Crippen MR) is 124 cm³/mol. The summed E-state index contributed by atoms with van der Waals surface area (Å²) in [4.78, 5) is 20.8. The van der Waals surface area contributed by atoms with Crippen molar-refractivity contribution in [1.82, 2.24) is 9.88 Å². The lowest BCUT2D eigenvalue weighted by molar-refractivity contribution is 0.0745. The third-order valence-corrected chi connectivity index (χ3v) is 5.47. The average molecular weight is 444 g/mol. The molecule has 0 unspecified atom stereocenters. The van der Waals surface area contributed by atoms with Crippen LogP contribution in [0.3, 0.4) is 0 Å². The SMILES string of the molecule is COc1ccc(C(=O)N2CCN(c3oc(C=Cc4ccccc4OC)nc3C#N)CC2)cc1. The van der Waals surface area contributed by atoms with Gasteiger partial charge in [0.25, 0.3) is 5.91 Å². The predicted octanol–water partition coefficient (Wildman–Crippen LogP) is 3.70. The molecule has 0 atom stereocenters. The molecule has 2 heterocycles. The van der Waals surface area contributed by atoms with E-state index in [1.807, 2.05) is 35.2 Å². The van der Waals surface area contributed by atoms with Crippen LogP contribution in [0.4, 0.5) is 5.88 Å². The molecule has 1 saturated heterocycles. The van der Waals surface area contributed by atoms with Crippen LogP contribution in [-0.4, -0.2) is 56.2 Å². The fourth-order valence-electron chi connectivity index (χ4n) is 3.68. The van der Waals surface area contributed by atoms with Gasteiger partial charge in [0.1, 0.15) is 17.6 Å². The second kappa shape index (κ2) is 9.92. The number of nitriles is 1. The molecule has 0 aliphatic carbocycles. The van der Waals surface area contributed by atoms with Crippen LogP contribution in [0.1, 0.15) is 27.5 Å². The van der Waals surface area contributed by atoms with Gasteiger partial charge in [-0.1, -0.05) is 18.2 Å². The van der Waals surface area contributed by atoms with E-state index < -0.39 is 0 Å². The van der Waals surface area contributed by atoms with E-state index in [1.165, 1.54) is 0 Å². The number of para-hydroxylation sites is 1. The monoisotopic (exact) mass is 444 g/mol.